The van der Waals surface area contributed by atoms with Crippen LogP contribution in [0, 0.1) is 11.7 Å². The highest BCUT2D eigenvalue weighted by atomic mass is 32.2. The number of carbonyl (C=O) groups is 1. The first-order valence-electron chi connectivity index (χ1n) is 6.41. The van der Waals surface area contributed by atoms with Crippen molar-refractivity contribution in [1.29, 1.82) is 0 Å². The summed E-state index contributed by atoms with van der Waals surface area (Å²) in [5.41, 5.74) is 5.87. The Morgan fingerprint density at radius 1 is 1.38 bits per heavy atom. The maximum Gasteiger partial charge on any atom is 0.229 e. The minimum atomic E-state index is -3.60. The second-order valence-corrected chi connectivity index (χ2v) is 6.98. The first-order chi connectivity index (χ1) is 9.58. The van der Waals surface area contributed by atoms with Crippen molar-refractivity contribution in [2.45, 2.75) is 26.3 Å². The van der Waals surface area contributed by atoms with Crippen molar-refractivity contribution in [3.63, 3.8) is 0 Å². The first-order valence-corrected chi connectivity index (χ1v) is 8.30. The van der Waals surface area contributed by atoms with Crippen molar-refractivity contribution < 1.29 is 17.6 Å². The Hall–Kier alpha value is -1.67. The molecule has 6 nitrogen and oxygen atoms in total. The summed E-state index contributed by atoms with van der Waals surface area (Å²) in [4.78, 5) is 11.8. The Bertz CT molecular complexity index is 617. The minimum Gasteiger partial charge on any atom is -0.327 e. The number of carbonyl (C=O) groups excluding carboxylic acids is 1. The number of sulfonamides is 1. The van der Waals surface area contributed by atoms with Crippen molar-refractivity contribution in [2.24, 2.45) is 11.7 Å². The van der Waals surface area contributed by atoms with Crippen molar-refractivity contribution in [3.05, 3.63) is 24.0 Å². The Morgan fingerprint density at radius 2 is 2.00 bits per heavy atom. The van der Waals surface area contributed by atoms with E-state index in [1.807, 2.05) is 18.6 Å². The van der Waals surface area contributed by atoms with Gasteiger partial charge in [0, 0.05) is 18.2 Å². The summed E-state index contributed by atoms with van der Waals surface area (Å²) >= 11 is 0. The third-order valence-corrected chi connectivity index (χ3v) is 3.41. The van der Waals surface area contributed by atoms with Crippen molar-refractivity contribution in [1.82, 2.24) is 0 Å². The lowest BCUT2D eigenvalue weighted by atomic mass is 10.0. The van der Waals surface area contributed by atoms with E-state index in [2.05, 4.69) is 5.32 Å². The molecule has 0 aromatic heterocycles. The molecule has 0 aliphatic rings. The van der Waals surface area contributed by atoms with Gasteiger partial charge in [0.1, 0.15) is 5.82 Å². The monoisotopic (exact) mass is 317 g/mol. The van der Waals surface area contributed by atoms with Crippen LogP contribution < -0.4 is 15.8 Å². The molecule has 1 atom stereocenters. The van der Waals surface area contributed by atoms with Crippen molar-refractivity contribution >= 4 is 27.3 Å². The fourth-order valence-electron chi connectivity index (χ4n) is 1.54. The van der Waals surface area contributed by atoms with E-state index in [1.54, 1.807) is 0 Å². The molecule has 0 aliphatic carbocycles. The topological polar surface area (TPSA) is 101 Å². The van der Waals surface area contributed by atoms with Crippen LogP contribution in [0.15, 0.2) is 18.2 Å². The molecule has 0 spiro atoms. The number of halogens is 1. The Balaban J connectivity index is 2.81. The maximum absolute atomic E-state index is 13.5. The second-order valence-electron chi connectivity index (χ2n) is 5.23. The molecule has 4 N–H and O–H groups in total. The number of benzene rings is 1. The predicted molar refractivity (Wildman–Crippen MR) is 80.9 cm³/mol. The van der Waals surface area contributed by atoms with Gasteiger partial charge in [-0.3, -0.25) is 9.52 Å². The number of nitrogens with one attached hydrogen (secondary N) is 2. The van der Waals surface area contributed by atoms with Crippen LogP contribution in [0.4, 0.5) is 15.8 Å². The Labute approximate surface area is 124 Å². The van der Waals surface area contributed by atoms with Crippen LogP contribution in [-0.4, -0.2) is 26.6 Å². The van der Waals surface area contributed by atoms with Crippen molar-refractivity contribution in [2.75, 3.05) is 16.3 Å². The molecule has 1 unspecified atom stereocenters. The number of hydrogen-bond donors (Lipinski definition) is 3. The highest BCUT2D eigenvalue weighted by Gasteiger charge is 2.14. The van der Waals surface area contributed by atoms with Gasteiger partial charge < -0.3 is 11.1 Å². The second kappa shape index (κ2) is 6.86. The number of amides is 1. The van der Waals surface area contributed by atoms with Gasteiger partial charge in [-0.1, -0.05) is 13.8 Å². The molecule has 0 fully saturated rings. The maximum atomic E-state index is 13.5. The number of rotatable bonds is 6. The zero-order valence-corrected chi connectivity index (χ0v) is 13.0. The van der Waals surface area contributed by atoms with Gasteiger partial charge in [-0.25, -0.2) is 12.8 Å². The van der Waals surface area contributed by atoms with Gasteiger partial charge in [0.05, 0.1) is 11.9 Å². The molecule has 8 heteroatoms. The molecule has 21 heavy (non-hydrogen) atoms. The summed E-state index contributed by atoms with van der Waals surface area (Å²) in [5.74, 6) is -0.878. The Kier molecular flexibility index (Phi) is 5.68. The highest BCUT2D eigenvalue weighted by molar-refractivity contribution is 7.92. The zero-order chi connectivity index (χ0) is 16.2. The summed E-state index contributed by atoms with van der Waals surface area (Å²) in [7, 11) is -3.60. The quantitative estimate of drug-likeness (QED) is 0.740. The first kappa shape index (κ1) is 17.4. The third kappa shape index (κ3) is 6.09. The van der Waals surface area contributed by atoms with Crippen LogP contribution in [0.2, 0.25) is 0 Å². The van der Waals surface area contributed by atoms with Gasteiger partial charge in [0.15, 0.2) is 0 Å². The van der Waals surface area contributed by atoms with E-state index in [0.29, 0.717) is 5.69 Å². The fourth-order valence-corrected chi connectivity index (χ4v) is 2.10. The molecular formula is C13H20FN3O3S. The van der Waals surface area contributed by atoms with Crippen LogP contribution in [0.3, 0.4) is 0 Å². The van der Waals surface area contributed by atoms with E-state index in [0.717, 1.165) is 12.3 Å². The van der Waals surface area contributed by atoms with Crippen LogP contribution in [0.5, 0.6) is 0 Å². The smallest absolute Gasteiger partial charge is 0.229 e. The average molecular weight is 317 g/mol. The number of nitrogens with two attached hydrogens (primary N) is 1. The molecule has 1 rings (SSSR count). The van der Waals surface area contributed by atoms with Crippen LogP contribution in [0.1, 0.15) is 20.3 Å². The van der Waals surface area contributed by atoms with E-state index in [-0.39, 0.29) is 30.0 Å². The van der Waals surface area contributed by atoms with Gasteiger partial charge in [-0.05, 0) is 24.1 Å². The summed E-state index contributed by atoms with van der Waals surface area (Å²) in [6.07, 6.45) is 1.04. The summed E-state index contributed by atoms with van der Waals surface area (Å²) in [5, 5.41) is 2.56. The molecule has 0 saturated heterocycles. The lowest BCUT2D eigenvalue weighted by molar-refractivity contribution is -0.116. The largest absolute Gasteiger partial charge is 0.327 e. The van der Waals surface area contributed by atoms with Crippen LogP contribution in [-0.2, 0) is 14.8 Å². The van der Waals surface area contributed by atoms with E-state index < -0.39 is 15.8 Å². The molecule has 1 aromatic carbocycles. The summed E-state index contributed by atoms with van der Waals surface area (Å²) in [6.45, 7) is 3.81. The summed E-state index contributed by atoms with van der Waals surface area (Å²) in [6, 6.07) is 3.36. The van der Waals surface area contributed by atoms with Gasteiger partial charge in [0.25, 0.3) is 0 Å². The van der Waals surface area contributed by atoms with Crippen LogP contribution in [0.25, 0.3) is 0 Å². The molecule has 1 aromatic rings. The van der Waals surface area contributed by atoms with Gasteiger partial charge in [0.2, 0.25) is 15.9 Å². The van der Waals surface area contributed by atoms with E-state index >= 15 is 0 Å². The van der Waals surface area contributed by atoms with E-state index in [4.69, 9.17) is 5.73 Å². The SMILES string of the molecule is CC(C)C(N)CC(=O)Nc1ccc(F)c(NS(C)(=O)=O)c1. The molecule has 0 aliphatic heterocycles. The average Bonchev–Trinajstić information content (AvgIpc) is 2.31. The molecule has 0 radical (unpaired) electrons. The normalized spacial score (nSPS) is 13.0. The number of anilines is 2. The van der Waals surface area contributed by atoms with E-state index in [9.17, 15) is 17.6 Å². The fraction of sp³-hybridized carbons (Fsp3) is 0.462. The van der Waals surface area contributed by atoms with Crippen molar-refractivity contribution in [3.8, 4) is 0 Å². The molecule has 0 saturated carbocycles. The molecule has 0 heterocycles. The molecular weight excluding hydrogens is 297 g/mol. The third-order valence-electron chi connectivity index (χ3n) is 2.82. The minimum absolute atomic E-state index is 0.129. The van der Waals surface area contributed by atoms with Gasteiger partial charge in [-0.15, -0.1) is 0 Å². The molecule has 1 amide bonds. The zero-order valence-electron chi connectivity index (χ0n) is 12.2. The van der Waals surface area contributed by atoms with Crippen LogP contribution >= 0.6 is 0 Å². The lowest BCUT2D eigenvalue weighted by Gasteiger charge is -2.15. The molecule has 0 bridgehead atoms. The van der Waals surface area contributed by atoms with Gasteiger partial charge in [-0.2, -0.15) is 0 Å². The standard InChI is InChI=1S/C13H20FN3O3S/c1-8(2)11(15)7-13(18)16-9-4-5-10(14)12(6-9)17-21(3,19)20/h4-6,8,11,17H,7,15H2,1-3H3,(H,16,18). The van der Waals surface area contributed by atoms with E-state index in [1.165, 1.54) is 12.1 Å². The highest BCUT2D eigenvalue weighted by Crippen LogP contribution is 2.21. The van der Waals surface area contributed by atoms with Gasteiger partial charge >= 0.3 is 0 Å². The lowest BCUT2D eigenvalue weighted by Crippen LogP contribution is -2.31. The summed E-state index contributed by atoms with van der Waals surface area (Å²) < 4.78 is 37.8. The molecule has 118 valence electrons. The Morgan fingerprint density at radius 3 is 2.52 bits per heavy atom. The number of hydrogen-bond acceptors (Lipinski definition) is 4. The predicted octanol–water partition coefficient (Wildman–Crippen LogP) is 1.51.